The number of nitrogens with two attached hydrogens (primary N) is 1. The van der Waals surface area contributed by atoms with Gasteiger partial charge >= 0.3 is 0 Å². The molecule has 4 aromatic rings. The van der Waals surface area contributed by atoms with E-state index in [1.807, 2.05) is 24.3 Å². The van der Waals surface area contributed by atoms with Gasteiger partial charge in [-0.2, -0.15) is 0 Å². The van der Waals surface area contributed by atoms with Crippen molar-refractivity contribution in [3.63, 3.8) is 0 Å². The summed E-state index contributed by atoms with van der Waals surface area (Å²) < 4.78 is 8.57. The van der Waals surface area contributed by atoms with Crippen LogP contribution in [0.2, 0.25) is 0 Å². The van der Waals surface area contributed by atoms with Crippen molar-refractivity contribution in [1.29, 1.82) is 0 Å². The lowest BCUT2D eigenvalue weighted by Gasteiger charge is -2.07. The molecule has 2 aromatic heterocycles. The first-order valence-corrected chi connectivity index (χ1v) is 9.75. The van der Waals surface area contributed by atoms with Crippen molar-refractivity contribution in [2.75, 3.05) is 7.11 Å². The van der Waals surface area contributed by atoms with Crippen molar-refractivity contribution in [3.05, 3.63) is 89.2 Å². The van der Waals surface area contributed by atoms with Gasteiger partial charge in [-0.3, -0.25) is 0 Å². The number of fused-ring (bicyclic) bond motifs is 1. The molecule has 144 valence electrons. The molecule has 0 aliphatic carbocycles. The van der Waals surface area contributed by atoms with Crippen molar-refractivity contribution in [2.24, 2.45) is 5.73 Å². The smallest absolute Gasteiger partial charge is 0.173 e. The van der Waals surface area contributed by atoms with Crippen molar-refractivity contribution in [1.82, 2.24) is 4.98 Å². The molecule has 0 bridgehead atoms. The number of benzene rings is 2. The molecule has 4 nitrogen and oxygen atoms in total. The third kappa shape index (κ3) is 4.76. The number of nitrogens with zero attached hydrogens (tertiary/aromatic N) is 2. The zero-order chi connectivity index (χ0) is 18.6. The van der Waals surface area contributed by atoms with Crippen LogP contribution in [0.25, 0.3) is 10.2 Å². The predicted molar refractivity (Wildman–Crippen MR) is 109 cm³/mol. The minimum Gasteiger partial charge on any atom is -1.00 e. The van der Waals surface area contributed by atoms with Gasteiger partial charge in [0, 0.05) is 17.7 Å². The van der Waals surface area contributed by atoms with Crippen LogP contribution in [0.1, 0.15) is 22.2 Å². The number of thiazole rings is 1. The van der Waals surface area contributed by atoms with Gasteiger partial charge < -0.3 is 27.5 Å². The molecule has 2 N–H and O–H groups in total. The van der Waals surface area contributed by atoms with Crippen LogP contribution in [-0.2, 0) is 13.0 Å². The molecule has 0 saturated heterocycles. The molecule has 0 fully saturated rings. The normalized spacial score (nSPS) is 11.8. The fraction of sp³-hybridized carbons (Fsp3) is 0.182. The van der Waals surface area contributed by atoms with Gasteiger partial charge in [0.1, 0.15) is 10.8 Å². The van der Waals surface area contributed by atoms with Gasteiger partial charge in [0.2, 0.25) is 0 Å². The standard InChI is InChI=1S/C22H22N3OS.BrH/c1-26-18-7-8-20-21(14-18)27-22(24-20)19(23)13-16-9-11-25(12-10-16)15-17-5-3-2-4-6-17;/h2-12,14,19H,13,15,23H2,1H3;1H/q+1;/p-1. The summed E-state index contributed by atoms with van der Waals surface area (Å²) in [5.41, 5.74) is 9.91. The Hall–Kier alpha value is -2.28. The monoisotopic (exact) mass is 455 g/mol. The van der Waals surface area contributed by atoms with Gasteiger partial charge in [0.25, 0.3) is 0 Å². The first-order valence-electron chi connectivity index (χ1n) is 8.93. The van der Waals surface area contributed by atoms with Crippen LogP contribution in [0.15, 0.2) is 73.1 Å². The Morgan fingerprint density at radius 1 is 1.04 bits per heavy atom. The van der Waals surface area contributed by atoms with Crippen molar-refractivity contribution in [2.45, 2.75) is 19.0 Å². The molecule has 1 unspecified atom stereocenters. The molecule has 0 spiro atoms. The van der Waals surface area contributed by atoms with E-state index in [1.165, 1.54) is 11.1 Å². The SMILES string of the molecule is COc1ccc2nc(C(N)Cc3cc[n+](Cc4ccccc4)cc3)sc2c1.[Br-]. The Bertz CT molecular complexity index is 1030. The van der Waals surface area contributed by atoms with E-state index in [-0.39, 0.29) is 23.0 Å². The molecule has 0 aliphatic heterocycles. The summed E-state index contributed by atoms with van der Waals surface area (Å²) in [6, 6.07) is 20.5. The van der Waals surface area contributed by atoms with E-state index in [9.17, 15) is 0 Å². The number of hydrogen-bond acceptors (Lipinski definition) is 4. The summed E-state index contributed by atoms with van der Waals surface area (Å²) in [6.07, 6.45) is 4.99. The third-order valence-electron chi connectivity index (χ3n) is 4.55. The molecule has 0 amide bonds. The molecule has 0 aliphatic rings. The van der Waals surface area contributed by atoms with Gasteiger partial charge in [-0.1, -0.05) is 30.3 Å². The second-order valence-corrected chi connectivity index (χ2v) is 7.62. The number of aromatic nitrogens is 2. The second-order valence-electron chi connectivity index (χ2n) is 6.56. The lowest BCUT2D eigenvalue weighted by Crippen LogP contribution is -3.00. The highest BCUT2D eigenvalue weighted by atomic mass is 79.9. The fourth-order valence-corrected chi connectivity index (χ4v) is 4.07. The number of halogens is 1. The molecular weight excluding hydrogens is 434 g/mol. The Kier molecular flexibility index (Phi) is 6.78. The van der Waals surface area contributed by atoms with Gasteiger partial charge in [0.05, 0.1) is 23.4 Å². The van der Waals surface area contributed by atoms with E-state index in [4.69, 9.17) is 15.5 Å². The molecule has 0 radical (unpaired) electrons. The number of pyridine rings is 1. The summed E-state index contributed by atoms with van der Waals surface area (Å²) in [6.45, 7) is 0.868. The van der Waals surface area contributed by atoms with E-state index in [0.29, 0.717) is 0 Å². The summed E-state index contributed by atoms with van der Waals surface area (Å²) >= 11 is 1.64. The zero-order valence-electron chi connectivity index (χ0n) is 15.6. The molecule has 6 heteroatoms. The molecule has 1 atom stereocenters. The predicted octanol–water partition coefficient (Wildman–Crippen LogP) is 0.887. The maximum absolute atomic E-state index is 6.43. The maximum atomic E-state index is 6.43. The number of methoxy groups -OCH3 is 1. The molecule has 0 saturated carbocycles. The maximum Gasteiger partial charge on any atom is 0.173 e. The minimum absolute atomic E-state index is 0. The van der Waals surface area contributed by atoms with Crippen LogP contribution >= 0.6 is 11.3 Å². The van der Waals surface area contributed by atoms with Crippen molar-refractivity contribution < 1.29 is 26.3 Å². The summed E-state index contributed by atoms with van der Waals surface area (Å²) in [5.74, 6) is 0.845. The highest BCUT2D eigenvalue weighted by Gasteiger charge is 2.14. The highest BCUT2D eigenvalue weighted by molar-refractivity contribution is 7.18. The van der Waals surface area contributed by atoms with Crippen molar-refractivity contribution in [3.8, 4) is 5.75 Å². The van der Waals surface area contributed by atoms with Gasteiger partial charge in [-0.05, 0) is 30.2 Å². The number of hydrogen-bond donors (Lipinski definition) is 1. The van der Waals surface area contributed by atoms with Crippen LogP contribution in [0, 0.1) is 0 Å². The molecule has 4 rings (SSSR count). The Morgan fingerprint density at radius 3 is 2.50 bits per heavy atom. The first-order chi connectivity index (χ1) is 13.2. The second kappa shape index (κ2) is 9.28. The van der Waals surface area contributed by atoms with E-state index >= 15 is 0 Å². The zero-order valence-corrected chi connectivity index (χ0v) is 18.0. The summed E-state index contributed by atoms with van der Waals surface area (Å²) in [5, 5.41) is 0.958. The van der Waals surface area contributed by atoms with Crippen LogP contribution in [0.3, 0.4) is 0 Å². The molecular formula is C22H22BrN3OS. The van der Waals surface area contributed by atoms with E-state index in [1.54, 1.807) is 18.4 Å². The van der Waals surface area contributed by atoms with E-state index in [2.05, 4.69) is 53.4 Å². The molecule has 2 heterocycles. The van der Waals surface area contributed by atoms with Crippen LogP contribution in [-0.4, -0.2) is 12.1 Å². The van der Waals surface area contributed by atoms with Crippen LogP contribution in [0.5, 0.6) is 5.75 Å². The van der Waals surface area contributed by atoms with Crippen LogP contribution in [0.4, 0.5) is 0 Å². The van der Waals surface area contributed by atoms with Gasteiger partial charge in [-0.15, -0.1) is 11.3 Å². The third-order valence-corrected chi connectivity index (χ3v) is 5.70. The Labute approximate surface area is 179 Å². The average molecular weight is 456 g/mol. The minimum atomic E-state index is -0.113. The van der Waals surface area contributed by atoms with Crippen molar-refractivity contribution >= 4 is 21.6 Å². The van der Waals surface area contributed by atoms with E-state index < -0.39 is 0 Å². The summed E-state index contributed by atoms with van der Waals surface area (Å²) in [4.78, 5) is 4.69. The van der Waals surface area contributed by atoms with Gasteiger partial charge in [-0.25, -0.2) is 9.55 Å². The molecule has 28 heavy (non-hydrogen) atoms. The fourth-order valence-electron chi connectivity index (χ4n) is 3.07. The van der Waals surface area contributed by atoms with E-state index in [0.717, 1.165) is 33.9 Å². The highest BCUT2D eigenvalue weighted by Crippen LogP contribution is 2.29. The lowest BCUT2D eigenvalue weighted by molar-refractivity contribution is -0.688. The van der Waals surface area contributed by atoms with Gasteiger partial charge in [0.15, 0.2) is 18.9 Å². The first kappa shape index (κ1) is 20.5. The lowest BCUT2D eigenvalue weighted by atomic mass is 10.1. The summed E-state index contributed by atoms with van der Waals surface area (Å²) in [7, 11) is 1.67. The largest absolute Gasteiger partial charge is 1.00 e. The Balaban J connectivity index is 0.00000225. The average Bonchev–Trinajstić information content (AvgIpc) is 3.13. The number of rotatable bonds is 6. The van der Waals surface area contributed by atoms with Crippen LogP contribution < -0.4 is 32.0 Å². The quantitative estimate of drug-likeness (QED) is 0.439. The molecule has 2 aromatic carbocycles. The topological polar surface area (TPSA) is 52.0 Å². The number of ether oxygens (including phenoxy) is 1. The Morgan fingerprint density at radius 2 is 1.79 bits per heavy atom.